The van der Waals surface area contributed by atoms with E-state index in [0.717, 1.165) is 57.3 Å². The molecule has 1 unspecified atom stereocenters. The number of rotatable bonds is 4. The van der Waals surface area contributed by atoms with E-state index in [-0.39, 0.29) is 17.2 Å². The Morgan fingerprint density at radius 2 is 1.59 bits per heavy atom. The maximum absolute atomic E-state index is 13.5. The van der Waals surface area contributed by atoms with Crippen LogP contribution in [0, 0.1) is 5.41 Å². The SMILES string of the molecule is COc1ccc(-c2ccc3c(c2)NC(c2ccccc2OC)C2=C(CC(C)(C)CC2=O)N3)cc1. The zero-order valence-corrected chi connectivity index (χ0v) is 20.1. The maximum Gasteiger partial charge on any atom is 0.163 e. The van der Waals surface area contributed by atoms with Crippen LogP contribution >= 0.6 is 0 Å². The highest BCUT2D eigenvalue weighted by Gasteiger charge is 2.39. The van der Waals surface area contributed by atoms with Gasteiger partial charge in [-0.3, -0.25) is 4.79 Å². The lowest BCUT2D eigenvalue weighted by molar-refractivity contribution is -0.118. The number of fused-ring (bicyclic) bond motifs is 1. The Balaban J connectivity index is 1.63. The number of methoxy groups -OCH3 is 2. The summed E-state index contributed by atoms with van der Waals surface area (Å²) in [4.78, 5) is 13.5. The molecule has 0 saturated carbocycles. The van der Waals surface area contributed by atoms with Gasteiger partial charge in [-0.25, -0.2) is 0 Å². The first-order chi connectivity index (χ1) is 16.4. The van der Waals surface area contributed by atoms with E-state index in [4.69, 9.17) is 9.47 Å². The monoisotopic (exact) mass is 454 g/mol. The Bertz CT molecular complexity index is 1270. The van der Waals surface area contributed by atoms with E-state index < -0.39 is 0 Å². The van der Waals surface area contributed by atoms with Crippen LogP contribution in [0.1, 0.15) is 38.3 Å². The van der Waals surface area contributed by atoms with Gasteiger partial charge in [0.05, 0.1) is 31.6 Å². The highest BCUT2D eigenvalue weighted by molar-refractivity contribution is 6.01. The summed E-state index contributed by atoms with van der Waals surface area (Å²) in [5.41, 5.74) is 6.74. The van der Waals surface area contributed by atoms with Gasteiger partial charge in [0, 0.05) is 23.3 Å². The van der Waals surface area contributed by atoms with E-state index in [0.29, 0.717) is 6.42 Å². The molecule has 1 atom stereocenters. The molecule has 5 heteroatoms. The van der Waals surface area contributed by atoms with Crippen molar-refractivity contribution >= 4 is 17.2 Å². The number of ether oxygens (including phenoxy) is 2. The number of allylic oxidation sites excluding steroid dienone is 1. The van der Waals surface area contributed by atoms with E-state index in [1.165, 1.54) is 0 Å². The molecule has 0 radical (unpaired) electrons. The highest BCUT2D eigenvalue weighted by Crippen LogP contribution is 2.47. The lowest BCUT2D eigenvalue weighted by Gasteiger charge is -2.34. The van der Waals surface area contributed by atoms with Gasteiger partial charge in [-0.15, -0.1) is 0 Å². The van der Waals surface area contributed by atoms with Crippen LogP contribution in [-0.4, -0.2) is 20.0 Å². The lowest BCUT2D eigenvalue weighted by Crippen LogP contribution is -2.31. The third kappa shape index (κ3) is 4.03. The van der Waals surface area contributed by atoms with Crippen LogP contribution in [0.15, 0.2) is 78.0 Å². The summed E-state index contributed by atoms with van der Waals surface area (Å²) < 4.78 is 11.0. The number of para-hydroxylation sites is 1. The van der Waals surface area contributed by atoms with Crippen LogP contribution in [0.5, 0.6) is 11.5 Å². The van der Waals surface area contributed by atoms with Crippen molar-refractivity contribution in [3.63, 3.8) is 0 Å². The first kappa shape index (κ1) is 22.1. The second-order valence-corrected chi connectivity index (χ2v) is 9.77. The number of nitrogens with one attached hydrogen (secondary N) is 2. The average Bonchev–Trinajstić information content (AvgIpc) is 2.99. The molecule has 0 bridgehead atoms. The van der Waals surface area contributed by atoms with Crippen molar-refractivity contribution in [2.24, 2.45) is 5.41 Å². The molecule has 5 nitrogen and oxygen atoms in total. The molecule has 2 N–H and O–H groups in total. The summed E-state index contributed by atoms with van der Waals surface area (Å²) in [5.74, 6) is 1.76. The lowest BCUT2D eigenvalue weighted by atomic mass is 9.73. The molecule has 1 heterocycles. The van der Waals surface area contributed by atoms with Gasteiger partial charge in [0.15, 0.2) is 5.78 Å². The van der Waals surface area contributed by atoms with Crippen LogP contribution in [0.3, 0.4) is 0 Å². The largest absolute Gasteiger partial charge is 0.497 e. The van der Waals surface area contributed by atoms with E-state index >= 15 is 0 Å². The molecule has 0 aromatic heterocycles. The number of hydrogen-bond acceptors (Lipinski definition) is 5. The molecule has 2 aliphatic rings. The molecule has 0 amide bonds. The summed E-state index contributed by atoms with van der Waals surface area (Å²) in [6, 6.07) is 22.0. The minimum Gasteiger partial charge on any atom is -0.497 e. The van der Waals surface area contributed by atoms with Crippen molar-refractivity contribution in [2.75, 3.05) is 24.9 Å². The summed E-state index contributed by atoms with van der Waals surface area (Å²) in [6.07, 6.45) is 1.33. The molecule has 0 saturated heterocycles. The molecule has 0 fully saturated rings. The Hall–Kier alpha value is -3.73. The van der Waals surface area contributed by atoms with Gasteiger partial charge in [0.2, 0.25) is 0 Å². The molecular weight excluding hydrogens is 424 g/mol. The second kappa shape index (κ2) is 8.56. The summed E-state index contributed by atoms with van der Waals surface area (Å²) in [5, 5.41) is 7.31. The number of anilines is 2. The summed E-state index contributed by atoms with van der Waals surface area (Å²) >= 11 is 0. The van der Waals surface area contributed by atoms with Crippen LogP contribution < -0.4 is 20.1 Å². The number of carbonyl (C=O) groups is 1. The molecule has 0 spiro atoms. The van der Waals surface area contributed by atoms with Crippen LogP contribution in [-0.2, 0) is 4.79 Å². The third-order valence-corrected chi connectivity index (χ3v) is 6.69. The first-order valence-corrected chi connectivity index (χ1v) is 11.6. The fraction of sp³-hybridized carbons (Fsp3) is 0.276. The van der Waals surface area contributed by atoms with Gasteiger partial charge < -0.3 is 20.1 Å². The Kier molecular flexibility index (Phi) is 5.56. The summed E-state index contributed by atoms with van der Waals surface area (Å²) in [7, 11) is 3.34. The normalized spacial score (nSPS) is 18.7. The molecule has 1 aliphatic heterocycles. The van der Waals surface area contributed by atoms with Crippen molar-refractivity contribution < 1.29 is 14.3 Å². The van der Waals surface area contributed by atoms with Gasteiger partial charge in [-0.05, 0) is 53.3 Å². The van der Waals surface area contributed by atoms with Crippen molar-refractivity contribution in [3.05, 3.63) is 83.6 Å². The smallest absolute Gasteiger partial charge is 0.163 e. The first-order valence-electron chi connectivity index (χ1n) is 11.6. The minimum absolute atomic E-state index is 0.0955. The topological polar surface area (TPSA) is 59.6 Å². The van der Waals surface area contributed by atoms with Gasteiger partial charge >= 0.3 is 0 Å². The number of benzene rings is 3. The second-order valence-electron chi connectivity index (χ2n) is 9.77. The van der Waals surface area contributed by atoms with Gasteiger partial charge in [0.1, 0.15) is 11.5 Å². The fourth-order valence-electron chi connectivity index (χ4n) is 5.05. The van der Waals surface area contributed by atoms with Crippen molar-refractivity contribution in [1.82, 2.24) is 0 Å². The van der Waals surface area contributed by atoms with E-state index in [1.54, 1.807) is 14.2 Å². The maximum atomic E-state index is 13.5. The van der Waals surface area contributed by atoms with E-state index in [2.05, 4.69) is 54.8 Å². The van der Waals surface area contributed by atoms with E-state index in [9.17, 15) is 4.79 Å². The highest BCUT2D eigenvalue weighted by atomic mass is 16.5. The Morgan fingerprint density at radius 1 is 0.853 bits per heavy atom. The number of carbonyl (C=O) groups excluding carboxylic acids is 1. The van der Waals surface area contributed by atoms with Gasteiger partial charge in [-0.2, -0.15) is 0 Å². The number of hydrogen-bond donors (Lipinski definition) is 2. The molecule has 3 aromatic carbocycles. The predicted molar refractivity (Wildman–Crippen MR) is 136 cm³/mol. The Morgan fingerprint density at radius 3 is 2.32 bits per heavy atom. The molecule has 3 aromatic rings. The molecule has 5 rings (SSSR count). The Labute approximate surface area is 200 Å². The van der Waals surface area contributed by atoms with Crippen molar-refractivity contribution in [1.29, 1.82) is 0 Å². The number of Topliss-reactive ketones (excluding diaryl/α,β-unsaturated/α-hetero) is 1. The van der Waals surface area contributed by atoms with Crippen molar-refractivity contribution in [3.8, 4) is 22.6 Å². The molecule has 174 valence electrons. The average molecular weight is 455 g/mol. The van der Waals surface area contributed by atoms with Crippen LogP contribution in [0.25, 0.3) is 11.1 Å². The van der Waals surface area contributed by atoms with Crippen LogP contribution in [0.4, 0.5) is 11.4 Å². The zero-order chi connectivity index (χ0) is 23.9. The van der Waals surface area contributed by atoms with E-state index in [1.807, 2.05) is 36.4 Å². The van der Waals surface area contributed by atoms with Gasteiger partial charge in [-0.1, -0.05) is 50.2 Å². The molecular formula is C29H30N2O3. The summed E-state index contributed by atoms with van der Waals surface area (Å²) in [6.45, 7) is 4.31. The zero-order valence-electron chi connectivity index (χ0n) is 20.1. The standard InChI is InChI=1S/C29H30N2O3/c1-29(2)16-24-27(25(32)17-29)28(21-7-5-6-8-26(21)34-4)31-23-15-19(11-14-22(23)30-24)18-9-12-20(33-3)13-10-18/h5-15,28,30-31H,16-17H2,1-4H3. The van der Waals surface area contributed by atoms with Gasteiger partial charge in [0.25, 0.3) is 0 Å². The quantitative estimate of drug-likeness (QED) is 0.466. The van der Waals surface area contributed by atoms with Crippen molar-refractivity contribution in [2.45, 2.75) is 32.7 Å². The number of ketones is 1. The third-order valence-electron chi connectivity index (χ3n) is 6.69. The molecule has 34 heavy (non-hydrogen) atoms. The van der Waals surface area contributed by atoms with Crippen LogP contribution in [0.2, 0.25) is 0 Å². The molecule has 1 aliphatic carbocycles. The predicted octanol–water partition coefficient (Wildman–Crippen LogP) is 6.59. The minimum atomic E-state index is -0.311. The fourth-order valence-corrected chi connectivity index (χ4v) is 5.05.